The number of sulfone groups is 1. The molecule has 268 valence electrons. The minimum Gasteiger partial charge on any atom is -0.467 e. The van der Waals surface area contributed by atoms with Crippen LogP contribution < -0.4 is 10.6 Å². The van der Waals surface area contributed by atoms with Crippen molar-refractivity contribution >= 4 is 39.3 Å². The summed E-state index contributed by atoms with van der Waals surface area (Å²) in [6, 6.07) is 3.95. The van der Waals surface area contributed by atoms with Gasteiger partial charge in [-0.3, -0.25) is 19.2 Å². The number of carbonyl (C=O) groups is 5. The van der Waals surface area contributed by atoms with Gasteiger partial charge < -0.3 is 24.8 Å². The van der Waals surface area contributed by atoms with E-state index >= 15 is 0 Å². The lowest BCUT2D eigenvalue weighted by atomic mass is 9.89. The van der Waals surface area contributed by atoms with E-state index in [-0.39, 0.29) is 43.8 Å². The van der Waals surface area contributed by atoms with E-state index in [0.717, 1.165) is 11.7 Å². The highest BCUT2D eigenvalue weighted by atomic mass is 32.2. The number of aryl methyl sites for hydroxylation is 1. The predicted octanol–water partition coefficient (Wildman–Crippen LogP) is 3.07. The van der Waals surface area contributed by atoms with Gasteiger partial charge in [-0.05, 0) is 69.1 Å². The zero-order valence-electron chi connectivity index (χ0n) is 28.4. The number of esters is 1. The van der Waals surface area contributed by atoms with Gasteiger partial charge in [-0.2, -0.15) is 0 Å². The lowest BCUT2D eigenvalue weighted by molar-refractivity contribution is -0.147. The number of nitrogens with zero attached hydrogens (tertiary/aromatic N) is 2. The number of aromatic nitrogens is 1. The molecule has 13 nitrogen and oxygen atoms in total. The third-order valence-corrected chi connectivity index (χ3v) is 8.75. The Labute approximate surface area is 285 Å². The Balaban J connectivity index is 1.88. The number of hydrogen-bond donors (Lipinski definition) is 2. The summed E-state index contributed by atoms with van der Waals surface area (Å²) in [7, 11) is -2.20. The van der Waals surface area contributed by atoms with Crippen molar-refractivity contribution in [3.8, 4) is 0 Å². The smallest absolute Gasteiger partial charge is 0.328 e. The van der Waals surface area contributed by atoms with E-state index in [2.05, 4.69) is 15.8 Å². The summed E-state index contributed by atoms with van der Waals surface area (Å²) in [5, 5.41) is 10.1. The van der Waals surface area contributed by atoms with E-state index in [4.69, 9.17) is 9.26 Å². The SMILES string of the molecule is COC(=O)[C@H](CC(C)C)NC(=O)[C@@H]1CCCN1C(=O)[C@@H](CC(=O)[C@H](CC/C=C/S(C)(=O)=O)NC(=O)c1cc(C)on1)Cc1ccc(F)cc1. The van der Waals surface area contributed by atoms with Crippen LogP contribution in [0.5, 0.6) is 0 Å². The van der Waals surface area contributed by atoms with Crippen LogP contribution in [0.15, 0.2) is 46.3 Å². The molecule has 2 aromatic rings. The van der Waals surface area contributed by atoms with Crippen LogP contribution in [0.1, 0.15) is 74.2 Å². The zero-order chi connectivity index (χ0) is 36.3. The molecule has 0 radical (unpaired) electrons. The average Bonchev–Trinajstić information content (AvgIpc) is 3.71. The quantitative estimate of drug-likeness (QED) is 0.232. The lowest BCUT2D eigenvalue weighted by Gasteiger charge is -2.30. The van der Waals surface area contributed by atoms with Crippen molar-refractivity contribution in [1.29, 1.82) is 0 Å². The van der Waals surface area contributed by atoms with E-state index in [1.54, 1.807) is 6.92 Å². The van der Waals surface area contributed by atoms with Gasteiger partial charge in [0, 0.05) is 36.6 Å². The Bertz CT molecular complexity index is 1620. The number of carbonyl (C=O) groups excluding carboxylic acids is 5. The molecule has 49 heavy (non-hydrogen) atoms. The van der Waals surface area contributed by atoms with Crippen LogP contribution in [0.25, 0.3) is 0 Å². The Morgan fingerprint density at radius 1 is 1.12 bits per heavy atom. The Hall–Kier alpha value is -4.40. The van der Waals surface area contributed by atoms with E-state index < -0.39 is 69.2 Å². The maximum Gasteiger partial charge on any atom is 0.328 e. The lowest BCUT2D eigenvalue weighted by Crippen LogP contribution is -2.53. The number of ether oxygens (including phenoxy) is 1. The van der Waals surface area contributed by atoms with E-state index in [9.17, 15) is 36.8 Å². The molecule has 0 aliphatic carbocycles. The highest BCUT2D eigenvalue weighted by Crippen LogP contribution is 2.25. The number of nitrogens with one attached hydrogen (secondary N) is 2. The predicted molar refractivity (Wildman–Crippen MR) is 177 cm³/mol. The second kappa shape index (κ2) is 17.8. The Morgan fingerprint density at radius 2 is 1.82 bits per heavy atom. The van der Waals surface area contributed by atoms with Crippen molar-refractivity contribution < 1.29 is 46.0 Å². The molecule has 1 aromatic heterocycles. The van der Waals surface area contributed by atoms with Crippen molar-refractivity contribution in [2.75, 3.05) is 19.9 Å². The zero-order valence-corrected chi connectivity index (χ0v) is 29.3. The molecular formula is C34H45FN4O9S. The van der Waals surface area contributed by atoms with Gasteiger partial charge >= 0.3 is 5.97 Å². The van der Waals surface area contributed by atoms with Gasteiger partial charge in [0.05, 0.1) is 13.2 Å². The molecule has 0 unspecified atom stereocenters. The molecule has 2 N–H and O–H groups in total. The average molecular weight is 705 g/mol. The molecule has 3 rings (SSSR count). The van der Waals surface area contributed by atoms with Crippen LogP contribution in [0.2, 0.25) is 0 Å². The first-order valence-corrected chi connectivity index (χ1v) is 18.1. The number of allylic oxidation sites excluding steroid dienone is 1. The molecule has 1 aromatic carbocycles. The van der Waals surface area contributed by atoms with Crippen molar-refractivity contribution in [1.82, 2.24) is 20.7 Å². The van der Waals surface area contributed by atoms with Crippen LogP contribution in [0.3, 0.4) is 0 Å². The molecule has 0 spiro atoms. The number of methoxy groups -OCH3 is 1. The molecule has 1 fully saturated rings. The summed E-state index contributed by atoms with van der Waals surface area (Å²) in [6.07, 6.45) is 3.40. The number of amides is 3. The number of rotatable bonds is 17. The molecule has 1 aliphatic heterocycles. The summed E-state index contributed by atoms with van der Waals surface area (Å²) in [4.78, 5) is 68.3. The van der Waals surface area contributed by atoms with Crippen molar-refractivity contribution in [3.63, 3.8) is 0 Å². The number of Topliss-reactive ketones (excluding diaryl/α,β-unsaturated/α-hetero) is 1. The van der Waals surface area contributed by atoms with Gasteiger partial charge in [0.25, 0.3) is 5.91 Å². The van der Waals surface area contributed by atoms with Crippen LogP contribution in [-0.4, -0.2) is 86.0 Å². The van der Waals surface area contributed by atoms with Gasteiger partial charge in [0.2, 0.25) is 11.8 Å². The van der Waals surface area contributed by atoms with Gasteiger partial charge in [-0.15, -0.1) is 0 Å². The number of ketones is 1. The molecule has 15 heteroatoms. The van der Waals surface area contributed by atoms with Crippen molar-refractivity contribution in [2.24, 2.45) is 11.8 Å². The molecule has 3 amide bonds. The maximum atomic E-state index is 14.2. The molecule has 4 atom stereocenters. The molecule has 0 saturated carbocycles. The number of halogens is 1. The fourth-order valence-corrected chi connectivity index (χ4v) is 6.18. The summed E-state index contributed by atoms with van der Waals surface area (Å²) >= 11 is 0. The largest absolute Gasteiger partial charge is 0.467 e. The second-order valence-electron chi connectivity index (χ2n) is 12.7. The second-order valence-corrected chi connectivity index (χ2v) is 14.7. The highest BCUT2D eigenvalue weighted by molar-refractivity contribution is 7.93. The van der Waals surface area contributed by atoms with Crippen LogP contribution in [0, 0.1) is 24.6 Å². The van der Waals surface area contributed by atoms with Crippen LogP contribution >= 0.6 is 0 Å². The number of benzene rings is 1. The minimum absolute atomic E-state index is 0.0183. The normalized spacial score (nSPS) is 16.7. The highest BCUT2D eigenvalue weighted by Gasteiger charge is 2.40. The molecular weight excluding hydrogens is 659 g/mol. The van der Waals surface area contributed by atoms with Gasteiger partial charge in [-0.1, -0.05) is 37.2 Å². The number of hydrogen-bond acceptors (Lipinski definition) is 10. The standard InChI is InChI=1S/C34H45FN4O9S/c1-21(2)17-28(34(44)47-4)37-32(42)29-10-8-15-39(29)33(43)24(19-23-11-13-25(35)14-12-23)20-30(40)26(9-6-7-16-49(5,45)46)36-31(41)27-18-22(3)48-38-27/h7,11-14,16,18,21,24,26,28-29H,6,8-10,15,17,19-20H2,1-5H3,(H,36,41)(H,37,42)/b16-7+/t24-,26+,28+,29+/m1/s1. The Morgan fingerprint density at radius 3 is 2.41 bits per heavy atom. The molecule has 1 saturated heterocycles. The summed E-state index contributed by atoms with van der Waals surface area (Å²) < 4.78 is 46.7. The monoisotopic (exact) mass is 704 g/mol. The van der Waals surface area contributed by atoms with Crippen molar-refractivity contribution in [2.45, 2.75) is 83.8 Å². The third kappa shape index (κ3) is 12.2. The summed E-state index contributed by atoms with van der Waals surface area (Å²) in [5.41, 5.74) is 0.514. The molecule has 0 bridgehead atoms. The van der Waals surface area contributed by atoms with Crippen LogP contribution in [0.4, 0.5) is 4.39 Å². The first kappa shape index (κ1) is 39.0. The van der Waals surface area contributed by atoms with E-state index in [0.29, 0.717) is 30.6 Å². The first-order valence-electron chi connectivity index (χ1n) is 16.1. The summed E-state index contributed by atoms with van der Waals surface area (Å²) in [6.45, 7) is 5.63. The maximum absolute atomic E-state index is 14.2. The fraction of sp³-hybridized carbons (Fsp3) is 0.529. The van der Waals surface area contributed by atoms with Crippen LogP contribution in [-0.2, 0) is 40.2 Å². The minimum atomic E-state index is -3.43. The van der Waals surface area contributed by atoms with Gasteiger partial charge in [-0.25, -0.2) is 17.6 Å². The molecule has 1 aliphatic rings. The van der Waals surface area contributed by atoms with Crippen molar-refractivity contribution in [3.05, 3.63) is 64.7 Å². The topological polar surface area (TPSA) is 182 Å². The number of likely N-dealkylation sites (tertiary alicyclic amines) is 1. The van der Waals surface area contributed by atoms with E-state index in [1.165, 1.54) is 48.4 Å². The Kier molecular flexibility index (Phi) is 14.2. The molecule has 2 heterocycles. The van der Waals surface area contributed by atoms with Gasteiger partial charge in [0.15, 0.2) is 21.3 Å². The fourth-order valence-electron chi connectivity index (χ4n) is 5.70. The van der Waals surface area contributed by atoms with Gasteiger partial charge in [0.1, 0.15) is 23.7 Å². The summed E-state index contributed by atoms with van der Waals surface area (Å²) in [5.74, 6) is -3.83. The van der Waals surface area contributed by atoms with E-state index in [1.807, 2.05) is 13.8 Å². The first-order chi connectivity index (χ1) is 23.1. The third-order valence-electron chi connectivity index (χ3n) is 8.06.